The Morgan fingerprint density at radius 3 is 2.20 bits per heavy atom. The van der Waals surface area contributed by atoms with E-state index in [1.54, 1.807) is 25.4 Å². The Kier molecular flexibility index (Phi) is 7.74. The first-order valence-electron chi connectivity index (χ1n) is 10.1. The zero-order valence-corrected chi connectivity index (χ0v) is 17.1. The first-order valence-corrected chi connectivity index (χ1v) is 10.1. The maximum absolute atomic E-state index is 12.8. The number of ether oxygens (including phenoxy) is 1. The van der Waals surface area contributed by atoms with E-state index in [1.807, 2.05) is 36.4 Å². The minimum Gasteiger partial charge on any atom is -0.490 e. The molecule has 152 valence electrons. The fourth-order valence-corrected chi connectivity index (χ4v) is 2.89. The number of nitrogens with zero attached hydrogens (tertiary/aromatic N) is 2. The van der Waals surface area contributed by atoms with Gasteiger partial charge < -0.3 is 4.74 Å². The Morgan fingerprint density at radius 1 is 1.00 bits per heavy atom. The molecule has 0 aliphatic rings. The molecule has 0 radical (unpaired) electrons. The molecule has 0 saturated heterocycles. The predicted molar refractivity (Wildman–Crippen MR) is 120 cm³/mol. The van der Waals surface area contributed by atoms with Crippen LogP contribution in [0.3, 0.4) is 0 Å². The van der Waals surface area contributed by atoms with Gasteiger partial charge in [-0.15, -0.1) is 0 Å². The molecule has 1 aromatic heterocycles. The van der Waals surface area contributed by atoms with Gasteiger partial charge in [-0.25, -0.2) is 14.4 Å². The molecular formula is C26H25FN2O. The highest BCUT2D eigenvalue weighted by Crippen LogP contribution is 2.25. The van der Waals surface area contributed by atoms with Crippen LogP contribution in [0.4, 0.5) is 4.39 Å². The molecule has 2 aromatic carbocycles. The highest BCUT2D eigenvalue weighted by molar-refractivity contribution is 5.68. The van der Waals surface area contributed by atoms with Crippen LogP contribution in [0.15, 0.2) is 73.6 Å². The highest BCUT2D eigenvalue weighted by Gasteiger charge is 2.03. The first kappa shape index (κ1) is 21.3. The average Bonchev–Trinajstić information content (AvgIpc) is 2.78. The summed E-state index contributed by atoms with van der Waals surface area (Å²) in [6.45, 7) is 5.72. The van der Waals surface area contributed by atoms with Crippen LogP contribution in [0.25, 0.3) is 22.5 Å². The minimum atomic E-state index is -0.767. The molecule has 3 rings (SSSR count). The highest BCUT2D eigenvalue weighted by atomic mass is 19.1. The van der Waals surface area contributed by atoms with E-state index in [4.69, 9.17) is 4.74 Å². The van der Waals surface area contributed by atoms with Crippen LogP contribution in [-0.2, 0) is 0 Å². The van der Waals surface area contributed by atoms with Crippen molar-refractivity contribution in [2.24, 2.45) is 0 Å². The van der Waals surface area contributed by atoms with Crippen molar-refractivity contribution < 1.29 is 9.13 Å². The molecule has 3 aromatic rings. The topological polar surface area (TPSA) is 35.0 Å². The smallest absolute Gasteiger partial charge is 0.159 e. The number of hydrogen-bond acceptors (Lipinski definition) is 3. The number of rotatable bonds is 8. The van der Waals surface area contributed by atoms with Gasteiger partial charge in [0.25, 0.3) is 0 Å². The Hall–Kier alpha value is -3.45. The molecule has 30 heavy (non-hydrogen) atoms. The van der Waals surface area contributed by atoms with Crippen molar-refractivity contribution in [1.29, 1.82) is 0 Å². The third kappa shape index (κ3) is 6.28. The van der Waals surface area contributed by atoms with Crippen LogP contribution in [-0.4, -0.2) is 22.7 Å². The first-order chi connectivity index (χ1) is 14.7. The molecule has 1 atom stereocenters. The second-order valence-electron chi connectivity index (χ2n) is 6.97. The summed E-state index contributed by atoms with van der Waals surface area (Å²) < 4.78 is 18.3. The lowest BCUT2D eigenvalue weighted by molar-refractivity contribution is 0.336. The lowest BCUT2D eigenvalue weighted by atomic mass is 10.0. The summed E-state index contributed by atoms with van der Waals surface area (Å²) in [5, 5.41) is 0. The van der Waals surface area contributed by atoms with Gasteiger partial charge in [-0.1, -0.05) is 60.9 Å². The summed E-state index contributed by atoms with van der Waals surface area (Å²) >= 11 is 0. The van der Waals surface area contributed by atoms with Crippen LogP contribution < -0.4 is 4.74 Å². The summed E-state index contributed by atoms with van der Waals surface area (Å²) in [4.78, 5) is 8.84. The van der Waals surface area contributed by atoms with Gasteiger partial charge in [0.05, 0.1) is 11.7 Å². The third-order valence-electron chi connectivity index (χ3n) is 4.49. The molecule has 3 nitrogen and oxygen atoms in total. The van der Waals surface area contributed by atoms with Gasteiger partial charge in [0.2, 0.25) is 0 Å². The van der Waals surface area contributed by atoms with Crippen molar-refractivity contribution in [3.63, 3.8) is 0 Å². The number of hydrogen-bond donors (Lipinski definition) is 0. The van der Waals surface area contributed by atoms with E-state index in [1.165, 1.54) is 0 Å². The summed E-state index contributed by atoms with van der Waals surface area (Å²) in [5.74, 6) is 7.56. The van der Waals surface area contributed by atoms with E-state index < -0.39 is 6.17 Å². The quantitative estimate of drug-likeness (QED) is 0.254. The average molecular weight is 400 g/mol. The van der Waals surface area contributed by atoms with E-state index >= 15 is 0 Å². The lowest BCUT2D eigenvalue weighted by Crippen LogP contribution is -1.92. The Balaban J connectivity index is 1.62. The van der Waals surface area contributed by atoms with Crippen LogP contribution in [0.2, 0.25) is 0 Å². The molecule has 0 N–H and O–H groups in total. The molecule has 1 unspecified atom stereocenters. The van der Waals surface area contributed by atoms with E-state index in [-0.39, 0.29) is 0 Å². The third-order valence-corrected chi connectivity index (χ3v) is 4.49. The maximum atomic E-state index is 12.8. The molecule has 0 spiro atoms. The van der Waals surface area contributed by atoms with Gasteiger partial charge in [-0.3, -0.25) is 0 Å². The van der Waals surface area contributed by atoms with Gasteiger partial charge in [0.15, 0.2) is 5.82 Å². The fraction of sp³-hybridized carbons (Fsp3) is 0.231. The van der Waals surface area contributed by atoms with E-state index in [0.29, 0.717) is 25.3 Å². The van der Waals surface area contributed by atoms with Crippen LogP contribution in [0.5, 0.6) is 5.75 Å². The predicted octanol–water partition coefficient (Wildman–Crippen LogP) is 6.26. The van der Waals surface area contributed by atoms with Crippen molar-refractivity contribution in [3.05, 3.63) is 79.1 Å². The molecule has 1 heterocycles. The van der Waals surface area contributed by atoms with E-state index in [9.17, 15) is 4.39 Å². The second-order valence-corrected chi connectivity index (χ2v) is 6.97. The molecule has 4 heteroatoms. The monoisotopic (exact) mass is 400 g/mol. The zero-order chi connectivity index (χ0) is 21.2. The Morgan fingerprint density at radius 2 is 1.60 bits per heavy atom. The Bertz CT molecular complexity index is 998. The van der Waals surface area contributed by atoms with Gasteiger partial charge >= 0.3 is 0 Å². The van der Waals surface area contributed by atoms with Crippen LogP contribution >= 0.6 is 0 Å². The SMILES string of the molecule is C=CCOc1ccc(-c2ccc(-c3ncc(C#CCCCC(C)F)cn3)cc2)cc1. The van der Waals surface area contributed by atoms with Crippen molar-refractivity contribution in [2.45, 2.75) is 32.4 Å². The number of aromatic nitrogens is 2. The van der Waals surface area contributed by atoms with Gasteiger partial charge in [0, 0.05) is 24.4 Å². The standard InChI is InChI=1S/C26H25FN2O/c1-3-17-30-25-15-13-23(14-16-25)22-9-11-24(12-10-22)26-28-18-21(19-29-26)8-6-4-5-7-20(2)27/h3,9-16,18-20H,1,4-5,7,17H2,2H3. The van der Waals surface area contributed by atoms with Crippen LogP contribution in [0, 0.1) is 11.8 Å². The molecule has 0 aliphatic heterocycles. The molecule has 0 aliphatic carbocycles. The summed E-state index contributed by atoms with van der Waals surface area (Å²) in [5.41, 5.74) is 3.93. The van der Waals surface area contributed by atoms with Crippen molar-refractivity contribution in [3.8, 4) is 40.1 Å². The summed E-state index contributed by atoms with van der Waals surface area (Å²) in [6.07, 6.45) is 6.40. The molecule has 0 amide bonds. The summed E-state index contributed by atoms with van der Waals surface area (Å²) in [6, 6.07) is 16.1. The van der Waals surface area contributed by atoms with Gasteiger partial charge in [0.1, 0.15) is 12.4 Å². The van der Waals surface area contributed by atoms with Crippen molar-refractivity contribution in [2.75, 3.05) is 6.61 Å². The van der Waals surface area contributed by atoms with Gasteiger partial charge in [-0.05, 0) is 43.0 Å². The van der Waals surface area contributed by atoms with E-state index in [2.05, 4.69) is 40.5 Å². The molecule has 0 saturated carbocycles. The second kappa shape index (κ2) is 10.9. The maximum Gasteiger partial charge on any atom is 0.159 e. The van der Waals surface area contributed by atoms with Crippen molar-refractivity contribution >= 4 is 0 Å². The normalized spacial score (nSPS) is 11.3. The molecule has 0 bridgehead atoms. The zero-order valence-electron chi connectivity index (χ0n) is 17.1. The van der Waals surface area contributed by atoms with Gasteiger partial charge in [-0.2, -0.15) is 0 Å². The molecule has 0 fully saturated rings. The minimum absolute atomic E-state index is 0.497. The summed E-state index contributed by atoms with van der Waals surface area (Å²) in [7, 11) is 0. The molecular weight excluding hydrogens is 375 g/mol. The van der Waals surface area contributed by atoms with Crippen LogP contribution in [0.1, 0.15) is 31.7 Å². The number of halogens is 1. The van der Waals surface area contributed by atoms with Crippen molar-refractivity contribution in [1.82, 2.24) is 9.97 Å². The lowest BCUT2D eigenvalue weighted by Gasteiger charge is -2.06. The number of alkyl halides is 1. The Labute approximate surface area is 177 Å². The largest absolute Gasteiger partial charge is 0.490 e. The number of benzene rings is 2. The number of unbranched alkanes of at least 4 members (excludes halogenated alkanes) is 1. The van der Waals surface area contributed by atoms with E-state index in [0.717, 1.165) is 34.4 Å². The fourth-order valence-electron chi connectivity index (χ4n) is 2.89.